The number of ether oxygens (including phenoxy) is 1. The van der Waals surface area contributed by atoms with Gasteiger partial charge in [0, 0.05) is 12.6 Å². The Bertz CT molecular complexity index is 585. The summed E-state index contributed by atoms with van der Waals surface area (Å²) in [7, 11) is 1.63. The summed E-state index contributed by atoms with van der Waals surface area (Å²) in [5.74, 6) is 0.784. The maximum absolute atomic E-state index is 11.9. The van der Waals surface area contributed by atoms with Crippen LogP contribution in [0.25, 0.3) is 0 Å². The number of hydrogen-bond acceptors (Lipinski definition) is 3. The molecule has 104 valence electrons. The number of carbonyl (C=O) groups is 1. The smallest absolute Gasteiger partial charge is 0.224 e. The highest BCUT2D eigenvalue weighted by atomic mass is 79.9. The summed E-state index contributed by atoms with van der Waals surface area (Å²) >= 11 is 3.30. The molecule has 0 radical (unpaired) electrons. The lowest BCUT2D eigenvalue weighted by molar-refractivity contribution is -0.116. The van der Waals surface area contributed by atoms with Crippen LogP contribution in [0.2, 0.25) is 0 Å². The lowest BCUT2D eigenvalue weighted by Gasteiger charge is -2.07. The van der Waals surface area contributed by atoms with Gasteiger partial charge in [0.1, 0.15) is 10.4 Å². The molecule has 1 aromatic carbocycles. The number of hydrogen-bond donors (Lipinski definition) is 1. The predicted molar refractivity (Wildman–Crippen MR) is 81.9 cm³/mol. The lowest BCUT2D eigenvalue weighted by Crippen LogP contribution is -2.12. The van der Waals surface area contributed by atoms with Gasteiger partial charge in [-0.25, -0.2) is 4.98 Å². The van der Waals surface area contributed by atoms with Gasteiger partial charge in [0.2, 0.25) is 5.91 Å². The Labute approximate surface area is 126 Å². The van der Waals surface area contributed by atoms with Crippen molar-refractivity contribution >= 4 is 27.5 Å². The van der Waals surface area contributed by atoms with Crippen LogP contribution in [0.5, 0.6) is 5.75 Å². The number of pyridine rings is 1. The van der Waals surface area contributed by atoms with Gasteiger partial charge in [0.25, 0.3) is 0 Å². The number of methoxy groups -OCH3 is 1. The van der Waals surface area contributed by atoms with Crippen LogP contribution in [-0.2, 0) is 11.2 Å². The molecule has 2 rings (SSSR count). The summed E-state index contributed by atoms with van der Waals surface area (Å²) in [4.78, 5) is 15.9. The summed E-state index contributed by atoms with van der Waals surface area (Å²) in [5.41, 5.74) is 1.79. The molecule has 1 heterocycles. The first-order valence-corrected chi connectivity index (χ1v) is 7.01. The van der Waals surface area contributed by atoms with Crippen molar-refractivity contribution in [3.63, 3.8) is 0 Å². The first kappa shape index (κ1) is 14.5. The Morgan fingerprint density at radius 3 is 2.70 bits per heavy atom. The molecular weight excluding hydrogens is 320 g/mol. The molecule has 0 spiro atoms. The molecule has 0 aliphatic rings. The van der Waals surface area contributed by atoms with Crippen molar-refractivity contribution in [2.45, 2.75) is 12.8 Å². The molecular formula is C15H15BrN2O2. The first-order chi connectivity index (χ1) is 9.69. The third-order valence-corrected chi connectivity index (χ3v) is 3.46. The zero-order valence-electron chi connectivity index (χ0n) is 11.1. The van der Waals surface area contributed by atoms with E-state index in [0.717, 1.165) is 11.3 Å². The number of aryl methyl sites for hydroxylation is 1. The second-order valence-electron chi connectivity index (χ2n) is 4.24. The minimum atomic E-state index is -0.0329. The number of nitrogens with zero attached hydrogens (tertiary/aromatic N) is 1. The van der Waals surface area contributed by atoms with Gasteiger partial charge >= 0.3 is 0 Å². The number of carbonyl (C=O) groups excluding carboxylic acids is 1. The molecule has 0 aliphatic heterocycles. The van der Waals surface area contributed by atoms with Crippen molar-refractivity contribution in [3.8, 4) is 5.75 Å². The lowest BCUT2D eigenvalue weighted by atomic mass is 10.1. The van der Waals surface area contributed by atoms with E-state index in [1.54, 1.807) is 19.4 Å². The Balaban J connectivity index is 1.87. The molecule has 5 heteroatoms. The van der Waals surface area contributed by atoms with Crippen molar-refractivity contribution in [1.82, 2.24) is 4.98 Å². The highest BCUT2D eigenvalue weighted by Gasteiger charge is 2.06. The summed E-state index contributed by atoms with van der Waals surface area (Å²) in [5, 5.41) is 2.83. The molecule has 1 aromatic heterocycles. The van der Waals surface area contributed by atoms with Crippen molar-refractivity contribution < 1.29 is 9.53 Å². The van der Waals surface area contributed by atoms with E-state index in [0.29, 0.717) is 23.1 Å². The molecule has 0 fully saturated rings. The second kappa shape index (κ2) is 7.05. The summed E-state index contributed by atoms with van der Waals surface area (Å²) < 4.78 is 5.73. The van der Waals surface area contributed by atoms with Gasteiger partial charge in [0.05, 0.1) is 12.8 Å². The molecule has 20 heavy (non-hydrogen) atoms. The Morgan fingerprint density at radius 2 is 2.05 bits per heavy atom. The molecule has 0 unspecified atom stereocenters. The van der Waals surface area contributed by atoms with Crippen molar-refractivity contribution in [2.24, 2.45) is 0 Å². The average molecular weight is 335 g/mol. The normalized spacial score (nSPS) is 10.1. The fourth-order valence-corrected chi connectivity index (χ4v) is 2.09. The monoisotopic (exact) mass is 334 g/mol. The summed E-state index contributed by atoms with van der Waals surface area (Å²) in [6.07, 6.45) is 2.78. The SMILES string of the molecule is COc1ccc(CCC(=O)Nc2cccnc2Br)cc1. The van der Waals surface area contributed by atoms with Gasteiger partial charge in [-0.15, -0.1) is 0 Å². The van der Waals surface area contributed by atoms with E-state index in [1.807, 2.05) is 30.3 Å². The summed E-state index contributed by atoms with van der Waals surface area (Å²) in [6.45, 7) is 0. The molecule has 0 atom stereocenters. The number of benzene rings is 1. The Morgan fingerprint density at radius 1 is 1.30 bits per heavy atom. The molecule has 1 amide bonds. The topological polar surface area (TPSA) is 51.2 Å². The third kappa shape index (κ3) is 4.06. The Hall–Kier alpha value is -1.88. The zero-order chi connectivity index (χ0) is 14.4. The summed E-state index contributed by atoms with van der Waals surface area (Å²) in [6, 6.07) is 11.3. The molecule has 0 saturated heterocycles. The molecule has 2 aromatic rings. The second-order valence-corrected chi connectivity index (χ2v) is 4.99. The van der Waals surface area contributed by atoms with E-state index in [-0.39, 0.29) is 5.91 Å². The van der Waals surface area contributed by atoms with Crippen LogP contribution in [-0.4, -0.2) is 18.0 Å². The number of rotatable bonds is 5. The Kier molecular flexibility index (Phi) is 5.12. The first-order valence-electron chi connectivity index (χ1n) is 6.22. The van der Waals surface area contributed by atoms with Crippen molar-refractivity contribution in [3.05, 3.63) is 52.8 Å². The minimum Gasteiger partial charge on any atom is -0.497 e. The molecule has 4 nitrogen and oxygen atoms in total. The van der Waals surface area contributed by atoms with E-state index >= 15 is 0 Å². The van der Waals surface area contributed by atoms with Crippen LogP contribution < -0.4 is 10.1 Å². The highest BCUT2D eigenvalue weighted by molar-refractivity contribution is 9.10. The molecule has 0 bridgehead atoms. The fourth-order valence-electron chi connectivity index (χ4n) is 1.74. The van der Waals surface area contributed by atoms with E-state index in [9.17, 15) is 4.79 Å². The van der Waals surface area contributed by atoms with Crippen LogP contribution in [0.1, 0.15) is 12.0 Å². The quantitative estimate of drug-likeness (QED) is 0.852. The third-order valence-electron chi connectivity index (χ3n) is 2.83. The zero-order valence-corrected chi connectivity index (χ0v) is 12.7. The minimum absolute atomic E-state index is 0.0329. The maximum Gasteiger partial charge on any atom is 0.224 e. The van der Waals surface area contributed by atoms with Crippen LogP contribution in [0.15, 0.2) is 47.2 Å². The number of anilines is 1. The van der Waals surface area contributed by atoms with Gasteiger partial charge in [-0.3, -0.25) is 4.79 Å². The van der Waals surface area contributed by atoms with E-state index < -0.39 is 0 Å². The van der Waals surface area contributed by atoms with E-state index in [2.05, 4.69) is 26.2 Å². The van der Waals surface area contributed by atoms with Gasteiger partial charge < -0.3 is 10.1 Å². The maximum atomic E-state index is 11.9. The van der Waals surface area contributed by atoms with E-state index in [1.165, 1.54) is 0 Å². The van der Waals surface area contributed by atoms with E-state index in [4.69, 9.17) is 4.74 Å². The fraction of sp³-hybridized carbons (Fsp3) is 0.200. The standard InChI is InChI=1S/C15H15BrN2O2/c1-20-12-7-4-11(5-8-12)6-9-14(19)18-13-3-2-10-17-15(13)16/h2-5,7-8,10H,6,9H2,1H3,(H,18,19). The predicted octanol–water partition coefficient (Wildman–Crippen LogP) is 3.42. The van der Waals surface area contributed by atoms with Gasteiger partial charge in [-0.2, -0.15) is 0 Å². The molecule has 0 saturated carbocycles. The van der Waals surface area contributed by atoms with Gasteiger partial charge in [-0.05, 0) is 52.2 Å². The van der Waals surface area contributed by atoms with Crippen LogP contribution >= 0.6 is 15.9 Å². The largest absolute Gasteiger partial charge is 0.497 e. The van der Waals surface area contributed by atoms with Gasteiger partial charge in [0.15, 0.2) is 0 Å². The van der Waals surface area contributed by atoms with Crippen molar-refractivity contribution in [2.75, 3.05) is 12.4 Å². The number of amides is 1. The van der Waals surface area contributed by atoms with Crippen molar-refractivity contribution in [1.29, 1.82) is 0 Å². The number of halogens is 1. The van der Waals surface area contributed by atoms with Gasteiger partial charge in [-0.1, -0.05) is 12.1 Å². The number of nitrogens with one attached hydrogen (secondary N) is 1. The highest BCUT2D eigenvalue weighted by Crippen LogP contribution is 2.19. The van der Waals surface area contributed by atoms with Crippen LogP contribution in [0, 0.1) is 0 Å². The average Bonchev–Trinajstić information content (AvgIpc) is 2.48. The molecule has 1 N–H and O–H groups in total. The molecule has 0 aliphatic carbocycles. The van der Waals surface area contributed by atoms with Crippen LogP contribution in [0.3, 0.4) is 0 Å². The van der Waals surface area contributed by atoms with Crippen LogP contribution in [0.4, 0.5) is 5.69 Å². The number of aromatic nitrogens is 1.